The molecule has 2 N–H and O–H groups in total. The minimum Gasteiger partial charge on any atom is -0.388 e. The van der Waals surface area contributed by atoms with Gasteiger partial charge < -0.3 is 15.2 Å². The van der Waals surface area contributed by atoms with Crippen molar-refractivity contribution in [3.63, 3.8) is 0 Å². The average molecular weight is 241 g/mol. The lowest BCUT2D eigenvalue weighted by Gasteiger charge is -2.33. The van der Waals surface area contributed by atoms with E-state index >= 15 is 0 Å². The van der Waals surface area contributed by atoms with Gasteiger partial charge in [-0.05, 0) is 6.92 Å². The maximum absolute atomic E-state index is 12.0. The first kappa shape index (κ1) is 13.7. The summed E-state index contributed by atoms with van der Waals surface area (Å²) in [5.41, 5.74) is -0.919. The van der Waals surface area contributed by atoms with Gasteiger partial charge in [-0.25, -0.2) is 0 Å². The van der Waals surface area contributed by atoms with E-state index in [1.165, 1.54) is 6.92 Å². The molecule has 0 spiro atoms. The molecule has 0 aliphatic carbocycles. The molecule has 96 valence electrons. The van der Waals surface area contributed by atoms with E-state index in [0.29, 0.717) is 26.1 Å². The molecule has 0 radical (unpaired) electrons. The van der Waals surface area contributed by atoms with Crippen LogP contribution in [0.3, 0.4) is 0 Å². The van der Waals surface area contributed by atoms with Crippen LogP contribution < -0.4 is 5.32 Å². The van der Waals surface area contributed by atoms with Gasteiger partial charge in [0.05, 0.1) is 12.0 Å². The van der Waals surface area contributed by atoms with Crippen LogP contribution in [-0.2, 0) is 4.74 Å². The minimum absolute atomic E-state index is 0.188. The van der Waals surface area contributed by atoms with E-state index in [-0.39, 0.29) is 6.54 Å². The van der Waals surface area contributed by atoms with E-state index in [9.17, 15) is 18.3 Å². The van der Waals surface area contributed by atoms with Crippen LogP contribution in [0.15, 0.2) is 0 Å². The van der Waals surface area contributed by atoms with Gasteiger partial charge in [0.1, 0.15) is 0 Å². The minimum atomic E-state index is -4.16. The molecule has 1 rings (SSSR count). The Bertz CT molecular complexity index is 215. The third-order valence-electron chi connectivity index (χ3n) is 2.74. The maximum Gasteiger partial charge on any atom is 0.390 e. The normalized spacial score (nSPS) is 23.1. The second kappa shape index (κ2) is 5.33. The van der Waals surface area contributed by atoms with Gasteiger partial charge >= 0.3 is 6.18 Å². The Balaban J connectivity index is 2.27. The van der Waals surface area contributed by atoms with Crippen molar-refractivity contribution in [2.75, 3.05) is 19.8 Å². The largest absolute Gasteiger partial charge is 0.390 e. The van der Waals surface area contributed by atoms with Crippen molar-refractivity contribution in [2.45, 2.75) is 44.0 Å². The Morgan fingerprint density at radius 2 is 1.94 bits per heavy atom. The van der Waals surface area contributed by atoms with Gasteiger partial charge in [0.2, 0.25) is 0 Å². The van der Waals surface area contributed by atoms with Gasteiger partial charge in [-0.3, -0.25) is 0 Å². The standard InChI is InChI=1S/C10H18F3NO2/c1-8(6-10(11,12)13)14-7-9(15)2-4-16-5-3-9/h8,14-15H,2-7H2,1H3. The third-order valence-corrected chi connectivity index (χ3v) is 2.74. The summed E-state index contributed by atoms with van der Waals surface area (Å²) < 4.78 is 41.2. The predicted octanol–water partition coefficient (Wildman–Crippen LogP) is 1.46. The number of halogens is 3. The lowest BCUT2D eigenvalue weighted by atomic mass is 9.94. The first-order chi connectivity index (χ1) is 7.31. The number of ether oxygens (including phenoxy) is 1. The molecule has 0 bridgehead atoms. The fraction of sp³-hybridized carbons (Fsp3) is 1.00. The van der Waals surface area contributed by atoms with Gasteiger partial charge in [-0.2, -0.15) is 13.2 Å². The van der Waals surface area contributed by atoms with Crippen molar-refractivity contribution in [3.8, 4) is 0 Å². The van der Waals surface area contributed by atoms with E-state index in [1.54, 1.807) is 0 Å². The van der Waals surface area contributed by atoms with Gasteiger partial charge in [0.25, 0.3) is 0 Å². The molecule has 1 aliphatic heterocycles. The smallest absolute Gasteiger partial charge is 0.388 e. The second-order valence-electron chi connectivity index (χ2n) is 4.44. The number of alkyl halides is 3. The van der Waals surface area contributed by atoms with Crippen LogP contribution in [-0.4, -0.2) is 42.7 Å². The Morgan fingerprint density at radius 1 is 1.38 bits per heavy atom. The molecular formula is C10H18F3NO2. The Hall–Kier alpha value is -0.330. The molecule has 0 saturated carbocycles. The van der Waals surface area contributed by atoms with Crippen LogP contribution in [0.5, 0.6) is 0 Å². The van der Waals surface area contributed by atoms with Gasteiger partial charge in [-0.1, -0.05) is 0 Å². The van der Waals surface area contributed by atoms with Crippen molar-refractivity contribution >= 4 is 0 Å². The van der Waals surface area contributed by atoms with Crippen molar-refractivity contribution in [2.24, 2.45) is 0 Å². The molecule has 1 heterocycles. The lowest BCUT2D eigenvalue weighted by Crippen LogP contribution is -2.47. The molecule has 3 nitrogen and oxygen atoms in total. The summed E-state index contributed by atoms with van der Waals surface area (Å²) in [5.74, 6) is 0. The zero-order chi connectivity index (χ0) is 12.2. The summed E-state index contributed by atoms with van der Waals surface area (Å²) in [6.45, 7) is 2.58. The number of nitrogens with one attached hydrogen (secondary N) is 1. The van der Waals surface area contributed by atoms with Crippen molar-refractivity contribution in [3.05, 3.63) is 0 Å². The molecule has 1 atom stereocenters. The molecule has 1 fully saturated rings. The molecule has 1 aliphatic rings. The first-order valence-electron chi connectivity index (χ1n) is 5.41. The first-order valence-corrected chi connectivity index (χ1v) is 5.41. The summed E-state index contributed by atoms with van der Waals surface area (Å²) in [6, 6.07) is -0.674. The molecule has 0 aromatic rings. The molecule has 1 unspecified atom stereocenters. The number of hydrogen-bond acceptors (Lipinski definition) is 3. The van der Waals surface area contributed by atoms with Crippen LogP contribution in [0.25, 0.3) is 0 Å². The number of rotatable bonds is 4. The summed E-state index contributed by atoms with van der Waals surface area (Å²) in [5, 5.41) is 12.7. The monoisotopic (exact) mass is 241 g/mol. The van der Waals surface area contributed by atoms with Crippen LogP contribution in [0.4, 0.5) is 13.2 Å². The summed E-state index contributed by atoms with van der Waals surface area (Å²) in [7, 11) is 0. The molecule has 0 aromatic carbocycles. The van der Waals surface area contributed by atoms with Gasteiger partial charge in [-0.15, -0.1) is 0 Å². The van der Waals surface area contributed by atoms with Crippen LogP contribution in [0, 0.1) is 0 Å². The maximum atomic E-state index is 12.0. The second-order valence-corrected chi connectivity index (χ2v) is 4.44. The average Bonchev–Trinajstić information content (AvgIpc) is 2.14. The zero-order valence-corrected chi connectivity index (χ0v) is 9.31. The number of hydrogen-bond donors (Lipinski definition) is 2. The highest BCUT2D eigenvalue weighted by Gasteiger charge is 2.33. The third kappa shape index (κ3) is 5.14. The van der Waals surface area contributed by atoms with Gasteiger partial charge in [0, 0.05) is 38.6 Å². The van der Waals surface area contributed by atoms with Crippen molar-refractivity contribution in [1.29, 1.82) is 0 Å². The van der Waals surface area contributed by atoms with E-state index in [1.807, 2.05) is 0 Å². The Labute approximate surface area is 93.0 Å². The van der Waals surface area contributed by atoms with Crippen LogP contribution in [0.1, 0.15) is 26.2 Å². The Morgan fingerprint density at radius 3 is 2.44 bits per heavy atom. The SMILES string of the molecule is CC(CC(F)(F)F)NCC1(O)CCOCC1. The quantitative estimate of drug-likeness (QED) is 0.783. The van der Waals surface area contributed by atoms with E-state index < -0.39 is 24.2 Å². The fourth-order valence-electron chi connectivity index (χ4n) is 1.71. The zero-order valence-electron chi connectivity index (χ0n) is 9.31. The molecule has 1 saturated heterocycles. The Kier molecular flexibility index (Phi) is 4.58. The summed E-state index contributed by atoms with van der Waals surface area (Å²) in [4.78, 5) is 0. The molecular weight excluding hydrogens is 223 g/mol. The van der Waals surface area contributed by atoms with Crippen LogP contribution >= 0.6 is 0 Å². The predicted molar refractivity (Wildman–Crippen MR) is 53.1 cm³/mol. The van der Waals surface area contributed by atoms with Crippen molar-refractivity contribution in [1.82, 2.24) is 5.32 Å². The topological polar surface area (TPSA) is 41.5 Å². The lowest BCUT2D eigenvalue weighted by molar-refractivity contribution is -0.140. The number of aliphatic hydroxyl groups is 1. The molecule has 0 aromatic heterocycles. The highest BCUT2D eigenvalue weighted by atomic mass is 19.4. The fourth-order valence-corrected chi connectivity index (χ4v) is 1.71. The summed E-state index contributed by atoms with van der Waals surface area (Å²) >= 11 is 0. The van der Waals surface area contributed by atoms with Crippen molar-refractivity contribution < 1.29 is 23.0 Å². The highest BCUT2D eigenvalue weighted by molar-refractivity contribution is 4.84. The van der Waals surface area contributed by atoms with E-state index in [0.717, 1.165) is 0 Å². The van der Waals surface area contributed by atoms with E-state index in [2.05, 4.69) is 5.32 Å². The molecule has 6 heteroatoms. The van der Waals surface area contributed by atoms with E-state index in [4.69, 9.17) is 4.74 Å². The van der Waals surface area contributed by atoms with Crippen LogP contribution in [0.2, 0.25) is 0 Å². The molecule has 16 heavy (non-hydrogen) atoms. The van der Waals surface area contributed by atoms with Gasteiger partial charge in [0.15, 0.2) is 0 Å². The summed E-state index contributed by atoms with van der Waals surface area (Å²) in [6.07, 6.45) is -4.10. The molecule has 0 amide bonds. The highest BCUT2D eigenvalue weighted by Crippen LogP contribution is 2.23.